The third-order valence-electron chi connectivity index (χ3n) is 1.71. The maximum Gasteiger partial charge on any atom is 0 e. The monoisotopic (exact) mass is 139 g/mol. The molecule has 0 atom stereocenters. The highest BCUT2D eigenvalue weighted by atomic mass is 13.9. The Kier molecular flexibility index (Phi) is 15.0. The Morgan fingerprint density at radius 1 is 0.600 bits per heavy atom. The van der Waals surface area contributed by atoms with E-state index in [1.165, 1.54) is 44.9 Å². The fourth-order valence-electron chi connectivity index (χ4n) is 1.03. The summed E-state index contributed by atoms with van der Waals surface area (Å²) in [7, 11) is 0. The van der Waals surface area contributed by atoms with E-state index in [4.69, 9.17) is 0 Å². The Bertz CT molecular complexity index is 38.0. The van der Waals surface area contributed by atoms with Crippen LogP contribution < -0.4 is 0 Å². The maximum absolute atomic E-state index is 2.26. The van der Waals surface area contributed by atoms with E-state index >= 15 is 0 Å². The highest BCUT2D eigenvalue weighted by Crippen LogP contribution is 2.05. The minimum absolute atomic E-state index is 0. The largest absolute Gasteiger partial charge is 0.0654 e. The zero-order valence-electron chi connectivity index (χ0n) is 7.53. The number of hydrogen-bond acceptors (Lipinski definition) is 0. The molecule has 0 fully saturated rings. The number of hydrogen-bond donors (Lipinski definition) is 0. The second-order valence-electron chi connectivity index (χ2n) is 2.77. The van der Waals surface area contributed by atoms with Crippen molar-refractivity contribution < 1.29 is 0 Å². The summed E-state index contributed by atoms with van der Waals surface area (Å²) in [6.45, 7) is 4.53. The van der Waals surface area contributed by atoms with E-state index in [1.54, 1.807) is 0 Å². The van der Waals surface area contributed by atoms with Crippen LogP contribution in [-0.4, -0.2) is 8.41 Å². The van der Waals surface area contributed by atoms with Crippen LogP contribution in [0.2, 0.25) is 0 Å². The quantitative estimate of drug-likeness (QED) is 0.391. The van der Waals surface area contributed by atoms with E-state index in [0.717, 1.165) is 0 Å². The summed E-state index contributed by atoms with van der Waals surface area (Å²) in [6.07, 6.45) is 9.97. The van der Waals surface area contributed by atoms with Crippen molar-refractivity contribution in [1.29, 1.82) is 0 Å². The predicted molar refractivity (Wildman–Crippen MR) is 49.4 cm³/mol. The predicted octanol–water partition coefficient (Wildman–Crippen LogP) is 3.38. The van der Waals surface area contributed by atoms with Crippen molar-refractivity contribution in [3.8, 4) is 0 Å². The van der Waals surface area contributed by atoms with Crippen LogP contribution in [0.3, 0.4) is 0 Å². The average Bonchev–Trinajstić information content (AvgIpc) is 1.89. The van der Waals surface area contributed by atoms with Crippen molar-refractivity contribution in [3.05, 3.63) is 0 Å². The standard InChI is InChI=1S/C9H20.B/c1-3-5-7-9-8-6-4-2;/h3-9H2,1-2H3;. The molecule has 0 N–H and O–H groups in total. The van der Waals surface area contributed by atoms with Crippen molar-refractivity contribution in [2.24, 2.45) is 0 Å². The molecule has 0 aromatic carbocycles. The molecular formula is C9H20B. The Morgan fingerprint density at radius 3 is 1.20 bits per heavy atom. The van der Waals surface area contributed by atoms with Gasteiger partial charge in [0.15, 0.2) is 0 Å². The van der Waals surface area contributed by atoms with Crippen LogP contribution >= 0.6 is 0 Å². The van der Waals surface area contributed by atoms with Crippen LogP contribution in [0.15, 0.2) is 0 Å². The zero-order chi connectivity index (χ0) is 6.95. The van der Waals surface area contributed by atoms with Gasteiger partial charge in [-0.1, -0.05) is 58.8 Å². The van der Waals surface area contributed by atoms with E-state index in [2.05, 4.69) is 13.8 Å². The molecule has 0 aliphatic rings. The Labute approximate surface area is 68.0 Å². The van der Waals surface area contributed by atoms with Gasteiger partial charge in [-0.25, -0.2) is 0 Å². The van der Waals surface area contributed by atoms with Crippen LogP contribution in [-0.2, 0) is 0 Å². The molecule has 0 saturated heterocycles. The minimum Gasteiger partial charge on any atom is -0.0654 e. The molecular weight excluding hydrogens is 119 g/mol. The van der Waals surface area contributed by atoms with Crippen LogP contribution in [0.4, 0.5) is 0 Å². The van der Waals surface area contributed by atoms with Crippen molar-refractivity contribution in [2.45, 2.75) is 58.8 Å². The lowest BCUT2D eigenvalue weighted by Crippen LogP contribution is -1.76. The van der Waals surface area contributed by atoms with E-state index in [9.17, 15) is 0 Å². The second kappa shape index (κ2) is 11.8. The smallest absolute Gasteiger partial charge is 0 e. The lowest BCUT2D eigenvalue weighted by Gasteiger charge is -1.96. The highest BCUT2D eigenvalue weighted by Gasteiger charge is 1.85. The van der Waals surface area contributed by atoms with Gasteiger partial charge in [-0.15, -0.1) is 0 Å². The van der Waals surface area contributed by atoms with E-state index in [0.29, 0.717) is 0 Å². The van der Waals surface area contributed by atoms with E-state index in [1.807, 2.05) is 0 Å². The van der Waals surface area contributed by atoms with Gasteiger partial charge in [-0.3, -0.25) is 0 Å². The van der Waals surface area contributed by atoms with Crippen molar-refractivity contribution >= 4 is 8.41 Å². The molecule has 1 heteroatoms. The summed E-state index contributed by atoms with van der Waals surface area (Å²) in [5.74, 6) is 0. The molecule has 0 amide bonds. The van der Waals surface area contributed by atoms with E-state index < -0.39 is 0 Å². The SMILES string of the molecule is CCCCCCCCC.[B]. The van der Waals surface area contributed by atoms with Gasteiger partial charge in [0, 0.05) is 8.41 Å². The normalized spacial score (nSPS) is 9.00. The van der Waals surface area contributed by atoms with Crippen LogP contribution in [0.5, 0.6) is 0 Å². The molecule has 0 unspecified atom stereocenters. The van der Waals surface area contributed by atoms with Crippen molar-refractivity contribution in [2.75, 3.05) is 0 Å². The minimum atomic E-state index is 0. The Morgan fingerprint density at radius 2 is 0.900 bits per heavy atom. The first-order chi connectivity index (χ1) is 4.41. The van der Waals surface area contributed by atoms with Gasteiger partial charge in [-0.05, 0) is 0 Å². The number of unbranched alkanes of at least 4 members (excludes halogenated alkanes) is 6. The molecule has 10 heavy (non-hydrogen) atoms. The molecule has 59 valence electrons. The van der Waals surface area contributed by atoms with Gasteiger partial charge in [0.1, 0.15) is 0 Å². The van der Waals surface area contributed by atoms with Gasteiger partial charge in [0.25, 0.3) is 0 Å². The Balaban J connectivity index is 0. The van der Waals surface area contributed by atoms with Gasteiger partial charge in [0.2, 0.25) is 0 Å². The highest BCUT2D eigenvalue weighted by molar-refractivity contribution is 5.75. The molecule has 3 radical (unpaired) electrons. The molecule has 0 bridgehead atoms. The average molecular weight is 139 g/mol. The molecule has 0 aromatic heterocycles. The van der Waals surface area contributed by atoms with Crippen LogP contribution in [0, 0.1) is 0 Å². The van der Waals surface area contributed by atoms with Crippen molar-refractivity contribution in [1.82, 2.24) is 0 Å². The third kappa shape index (κ3) is 10.9. The molecule has 0 aromatic rings. The van der Waals surface area contributed by atoms with Crippen LogP contribution in [0.25, 0.3) is 0 Å². The first-order valence-electron chi connectivity index (χ1n) is 4.41. The van der Waals surface area contributed by atoms with Gasteiger partial charge >= 0.3 is 0 Å². The molecule has 0 spiro atoms. The first kappa shape index (κ1) is 12.7. The van der Waals surface area contributed by atoms with Crippen molar-refractivity contribution in [3.63, 3.8) is 0 Å². The maximum atomic E-state index is 2.26. The van der Waals surface area contributed by atoms with E-state index in [-0.39, 0.29) is 8.41 Å². The van der Waals surface area contributed by atoms with Gasteiger partial charge < -0.3 is 0 Å². The Hall–Kier alpha value is 0.0649. The summed E-state index contributed by atoms with van der Waals surface area (Å²) >= 11 is 0. The topological polar surface area (TPSA) is 0 Å². The van der Waals surface area contributed by atoms with Crippen LogP contribution in [0.1, 0.15) is 58.8 Å². The molecule has 0 saturated carbocycles. The second-order valence-corrected chi connectivity index (χ2v) is 2.77. The fraction of sp³-hybridized carbons (Fsp3) is 1.00. The summed E-state index contributed by atoms with van der Waals surface area (Å²) in [5.41, 5.74) is 0. The number of rotatable bonds is 6. The lowest BCUT2D eigenvalue weighted by atomic mass is 10.1. The third-order valence-corrected chi connectivity index (χ3v) is 1.71. The molecule has 0 rings (SSSR count). The molecule has 0 aliphatic heterocycles. The first-order valence-corrected chi connectivity index (χ1v) is 4.41. The lowest BCUT2D eigenvalue weighted by molar-refractivity contribution is 0.602. The van der Waals surface area contributed by atoms with Gasteiger partial charge in [-0.2, -0.15) is 0 Å². The summed E-state index contributed by atoms with van der Waals surface area (Å²) in [6, 6.07) is 0. The summed E-state index contributed by atoms with van der Waals surface area (Å²) in [4.78, 5) is 0. The van der Waals surface area contributed by atoms with Gasteiger partial charge in [0.05, 0.1) is 0 Å². The molecule has 0 heterocycles. The fourth-order valence-corrected chi connectivity index (χ4v) is 1.03. The zero-order valence-corrected chi connectivity index (χ0v) is 7.53. The summed E-state index contributed by atoms with van der Waals surface area (Å²) < 4.78 is 0. The molecule has 0 aliphatic carbocycles. The summed E-state index contributed by atoms with van der Waals surface area (Å²) in [5, 5.41) is 0. The molecule has 0 nitrogen and oxygen atoms in total.